The number of allylic oxidation sites excluding steroid dienone is 1. The number of aliphatic hydroxyl groups excluding tert-OH is 6. The Hall–Kier alpha value is -1.37. The molecule has 0 amide bonds. The van der Waals surface area contributed by atoms with Crippen LogP contribution in [0.3, 0.4) is 0 Å². The van der Waals surface area contributed by atoms with Gasteiger partial charge in [0.25, 0.3) is 0 Å². The maximum atomic E-state index is 12.6. The van der Waals surface area contributed by atoms with E-state index in [9.17, 15) is 35.4 Å². The fourth-order valence-electron chi connectivity index (χ4n) is 10.7. The van der Waals surface area contributed by atoms with E-state index in [0.717, 1.165) is 37.7 Å². The van der Waals surface area contributed by atoms with Gasteiger partial charge in [-0.25, -0.2) is 4.79 Å². The maximum absolute atomic E-state index is 12.6. The molecular weight excluding hydrogens is 568 g/mol. The minimum Gasteiger partial charge on any atom is -0.458 e. The van der Waals surface area contributed by atoms with Crippen molar-refractivity contribution >= 4 is 5.97 Å². The van der Waals surface area contributed by atoms with Gasteiger partial charge in [-0.2, -0.15) is 0 Å². The minimum atomic E-state index is -1.50. The molecule has 248 valence electrons. The SMILES string of the molecule is CC1=C(CO)C(=O)OC([C@@H](C)C2CC[C@H]3[C@@H]4CC=C5C[C@@H](O[C@@H]6O[C@H](CO)[C@@H](O)[C@H](O)[C@H]6O)C[C@H](O)[C@]5(C)[C@H]4CC[C@]23C)C1. The number of hydrogen-bond donors (Lipinski definition) is 6. The smallest absolute Gasteiger partial charge is 0.336 e. The zero-order chi connectivity index (χ0) is 31.7. The molecule has 0 aromatic rings. The number of esters is 1. The Labute approximate surface area is 260 Å². The summed E-state index contributed by atoms with van der Waals surface area (Å²) in [7, 11) is 0. The van der Waals surface area contributed by atoms with E-state index in [-0.39, 0.29) is 35.4 Å². The van der Waals surface area contributed by atoms with Crippen molar-refractivity contribution in [3.05, 3.63) is 22.8 Å². The third-order valence-corrected chi connectivity index (χ3v) is 13.3. The average Bonchev–Trinajstić information content (AvgIpc) is 3.34. The summed E-state index contributed by atoms with van der Waals surface area (Å²) in [6, 6.07) is 0. The fourth-order valence-corrected chi connectivity index (χ4v) is 10.7. The first-order valence-corrected chi connectivity index (χ1v) is 16.7. The van der Waals surface area contributed by atoms with Gasteiger partial charge in [0.15, 0.2) is 6.29 Å². The molecule has 4 fully saturated rings. The molecule has 2 aliphatic heterocycles. The van der Waals surface area contributed by atoms with E-state index in [0.29, 0.717) is 48.5 Å². The maximum Gasteiger partial charge on any atom is 0.336 e. The highest BCUT2D eigenvalue weighted by molar-refractivity contribution is 5.90. The summed E-state index contributed by atoms with van der Waals surface area (Å²) in [4.78, 5) is 12.6. The Morgan fingerprint density at radius 3 is 2.45 bits per heavy atom. The highest BCUT2D eigenvalue weighted by Gasteiger charge is 2.62. The van der Waals surface area contributed by atoms with Crippen molar-refractivity contribution in [2.45, 2.75) is 128 Å². The molecule has 6 aliphatic rings. The minimum absolute atomic E-state index is 0.123. The molecule has 0 aromatic heterocycles. The Bertz CT molecular complexity index is 1170. The van der Waals surface area contributed by atoms with Gasteiger partial charge in [0, 0.05) is 18.3 Å². The largest absolute Gasteiger partial charge is 0.458 e. The summed E-state index contributed by atoms with van der Waals surface area (Å²) in [5.41, 5.74) is 2.24. The summed E-state index contributed by atoms with van der Waals surface area (Å²) in [5, 5.41) is 61.7. The number of hydrogen-bond acceptors (Lipinski definition) is 10. The first kappa shape index (κ1) is 32.6. The normalized spacial score (nSPS) is 49.9. The Morgan fingerprint density at radius 2 is 1.77 bits per heavy atom. The molecule has 6 N–H and O–H groups in total. The lowest BCUT2D eigenvalue weighted by Gasteiger charge is -2.60. The number of cyclic esters (lactones) is 1. The summed E-state index contributed by atoms with van der Waals surface area (Å²) in [6.45, 7) is 8.02. The van der Waals surface area contributed by atoms with Crippen molar-refractivity contribution in [2.24, 2.45) is 40.4 Å². The van der Waals surface area contributed by atoms with Gasteiger partial charge in [-0.1, -0.05) is 38.0 Å². The number of ether oxygens (including phenoxy) is 3. The lowest BCUT2D eigenvalue weighted by atomic mass is 9.46. The van der Waals surface area contributed by atoms with Crippen molar-refractivity contribution in [1.29, 1.82) is 0 Å². The van der Waals surface area contributed by atoms with Crippen LogP contribution in [0.1, 0.15) is 79.1 Å². The predicted molar refractivity (Wildman–Crippen MR) is 159 cm³/mol. The summed E-state index contributed by atoms with van der Waals surface area (Å²) >= 11 is 0. The number of aliphatic hydroxyl groups is 6. The molecule has 0 aromatic carbocycles. The standard InChI is InChI=1S/C34H52O10/c1-16-11-25(43-31(41)21(16)14-35)17(2)22-7-8-23-20-6-5-18-12-19(42-32-30(40)29(39)28(38)26(15-36)44-32)13-27(37)34(18,4)24(20)9-10-33(22,23)3/h5,17,19-20,22-30,32,35-40H,6-15H2,1-4H3/t17-,19+,20-,22?,23-,24-,25?,26+,27-,28+,29-,30+,32+,33+,34-/m0/s1. The second-order valence-corrected chi connectivity index (χ2v) is 15.2. The van der Waals surface area contributed by atoms with Gasteiger partial charge in [0.1, 0.15) is 30.5 Å². The van der Waals surface area contributed by atoms with Gasteiger partial charge < -0.3 is 44.8 Å². The van der Waals surface area contributed by atoms with Crippen molar-refractivity contribution in [2.75, 3.05) is 13.2 Å². The van der Waals surface area contributed by atoms with Crippen LogP contribution in [0.4, 0.5) is 0 Å². The molecule has 1 saturated heterocycles. The molecule has 0 radical (unpaired) electrons. The summed E-state index contributed by atoms with van der Waals surface area (Å²) < 4.78 is 17.6. The van der Waals surface area contributed by atoms with Crippen LogP contribution in [0.15, 0.2) is 22.8 Å². The Morgan fingerprint density at radius 1 is 1.02 bits per heavy atom. The first-order valence-electron chi connectivity index (χ1n) is 16.7. The van der Waals surface area contributed by atoms with Gasteiger partial charge in [0.2, 0.25) is 0 Å². The molecule has 2 unspecified atom stereocenters. The Balaban J connectivity index is 1.16. The number of carbonyl (C=O) groups excluding carboxylic acids is 1. The Kier molecular flexibility index (Phi) is 8.89. The van der Waals surface area contributed by atoms with E-state index in [1.165, 1.54) is 5.57 Å². The predicted octanol–water partition coefficient (Wildman–Crippen LogP) is 1.98. The van der Waals surface area contributed by atoms with Crippen LogP contribution in [-0.4, -0.2) is 98.8 Å². The zero-order valence-corrected chi connectivity index (χ0v) is 26.5. The van der Waals surface area contributed by atoms with Crippen LogP contribution in [0.5, 0.6) is 0 Å². The molecule has 2 heterocycles. The van der Waals surface area contributed by atoms with Gasteiger partial charge in [-0.3, -0.25) is 0 Å². The van der Waals surface area contributed by atoms with E-state index >= 15 is 0 Å². The molecule has 15 atom stereocenters. The molecule has 0 spiro atoms. The molecule has 10 nitrogen and oxygen atoms in total. The number of rotatable bonds is 6. The van der Waals surface area contributed by atoms with E-state index < -0.39 is 49.5 Å². The lowest BCUT2D eigenvalue weighted by Crippen LogP contribution is -2.60. The molecule has 4 aliphatic carbocycles. The monoisotopic (exact) mass is 620 g/mol. The van der Waals surface area contributed by atoms with Crippen molar-refractivity contribution in [3.8, 4) is 0 Å². The van der Waals surface area contributed by atoms with Gasteiger partial charge in [-0.05, 0) is 80.5 Å². The van der Waals surface area contributed by atoms with Crippen LogP contribution in [0.25, 0.3) is 0 Å². The molecule has 0 bridgehead atoms. The van der Waals surface area contributed by atoms with Crippen LogP contribution in [-0.2, 0) is 19.0 Å². The zero-order valence-electron chi connectivity index (χ0n) is 26.5. The van der Waals surface area contributed by atoms with E-state index in [1.54, 1.807) is 0 Å². The third-order valence-electron chi connectivity index (χ3n) is 13.3. The van der Waals surface area contributed by atoms with Crippen molar-refractivity contribution in [3.63, 3.8) is 0 Å². The second kappa shape index (κ2) is 12.0. The van der Waals surface area contributed by atoms with Crippen LogP contribution in [0, 0.1) is 40.4 Å². The van der Waals surface area contributed by atoms with E-state index in [2.05, 4.69) is 26.8 Å². The third kappa shape index (κ3) is 5.03. The first-order chi connectivity index (χ1) is 20.8. The van der Waals surface area contributed by atoms with Crippen LogP contribution < -0.4 is 0 Å². The van der Waals surface area contributed by atoms with Gasteiger partial charge in [-0.15, -0.1) is 0 Å². The second-order valence-electron chi connectivity index (χ2n) is 15.2. The van der Waals surface area contributed by atoms with E-state index in [4.69, 9.17) is 14.2 Å². The lowest BCUT2D eigenvalue weighted by molar-refractivity contribution is -0.315. The van der Waals surface area contributed by atoms with Gasteiger partial charge >= 0.3 is 5.97 Å². The van der Waals surface area contributed by atoms with Crippen LogP contribution in [0.2, 0.25) is 0 Å². The van der Waals surface area contributed by atoms with Gasteiger partial charge in [0.05, 0.1) is 31.0 Å². The highest BCUT2D eigenvalue weighted by Crippen LogP contribution is 2.67. The fraction of sp³-hybridized carbons (Fsp3) is 0.853. The number of fused-ring (bicyclic) bond motifs is 5. The summed E-state index contributed by atoms with van der Waals surface area (Å²) in [5.74, 6) is 1.57. The number of carbonyl (C=O) groups is 1. The molecule has 3 saturated carbocycles. The average molecular weight is 621 g/mol. The van der Waals surface area contributed by atoms with Crippen molar-refractivity contribution < 1.29 is 49.6 Å². The summed E-state index contributed by atoms with van der Waals surface area (Å²) in [6.07, 6.45) is 1.26. The topological polar surface area (TPSA) is 166 Å². The van der Waals surface area contributed by atoms with Crippen LogP contribution >= 0.6 is 0 Å². The quantitative estimate of drug-likeness (QED) is 0.191. The highest BCUT2D eigenvalue weighted by atomic mass is 16.7. The van der Waals surface area contributed by atoms with E-state index in [1.807, 2.05) is 6.92 Å². The molecule has 44 heavy (non-hydrogen) atoms. The van der Waals surface area contributed by atoms with Crippen molar-refractivity contribution in [1.82, 2.24) is 0 Å². The molecule has 6 rings (SSSR count). The molecule has 10 heteroatoms. The molecular formula is C34H52O10.